The van der Waals surface area contributed by atoms with Crippen molar-refractivity contribution in [2.24, 2.45) is 11.8 Å². The molecule has 0 spiro atoms. The molecule has 1 aromatic rings. The molecule has 6 nitrogen and oxygen atoms in total. The molecule has 156 valence electrons. The third-order valence-electron chi connectivity index (χ3n) is 6.79. The number of phenolic OH excluding ortho intramolecular Hbond substituents is 1. The molecule has 1 aliphatic heterocycles. The van der Waals surface area contributed by atoms with E-state index in [1.807, 2.05) is 6.08 Å². The predicted octanol–water partition coefficient (Wildman–Crippen LogP) is 3.52. The van der Waals surface area contributed by atoms with Crippen LogP contribution in [-0.4, -0.2) is 34.4 Å². The molecular formula is C23H28O6. The Hall–Kier alpha value is -2.50. The minimum Gasteiger partial charge on any atom is -0.504 e. The number of esters is 1. The quantitative estimate of drug-likeness (QED) is 0.561. The Bertz CT molecular complexity index is 888. The molecule has 2 aliphatic carbocycles. The highest BCUT2D eigenvalue weighted by Gasteiger charge is 2.62. The zero-order valence-electron chi connectivity index (χ0n) is 17.1. The van der Waals surface area contributed by atoms with Crippen LogP contribution in [0.5, 0.6) is 11.5 Å². The molecule has 3 aliphatic rings. The Kier molecular flexibility index (Phi) is 4.83. The first-order valence-electron chi connectivity index (χ1n) is 10.4. The standard InChI is InChI=1S/C23H28O6/c1-4-9-23-16-6-7-18(28-13(3)24)22(23)29-21-17(25)11-14(5-8-19(26)27)15(20(21)23)10-12(16)2/h6-7,11-12,16,18,22,25H,4-5,8-10H2,1-3H3,(H,26,27)/t12-,16?,18+,22+,23+/m1/s1. The van der Waals surface area contributed by atoms with Gasteiger partial charge in [0.1, 0.15) is 6.10 Å². The van der Waals surface area contributed by atoms with Crippen molar-refractivity contribution in [2.75, 3.05) is 0 Å². The number of carbonyl (C=O) groups excluding carboxylic acids is 1. The van der Waals surface area contributed by atoms with Crippen molar-refractivity contribution in [1.29, 1.82) is 0 Å². The Morgan fingerprint density at radius 3 is 2.76 bits per heavy atom. The van der Waals surface area contributed by atoms with Gasteiger partial charge in [0.15, 0.2) is 17.6 Å². The lowest BCUT2D eigenvalue weighted by molar-refractivity contribution is -0.151. The van der Waals surface area contributed by atoms with Crippen molar-refractivity contribution >= 4 is 11.9 Å². The van der Waals surface area contributed by atoms with Crippen LogP contribution in [0.4, 0.5) is 0 Å². The van der Waals surface area contributed by atoms with Crippen molar-refractivity contribution in [3.8, 4) is 11.5 Å². The SMILES string of the molecule is CCC[C@]12c3c4c(CCC(=O)O)cc(O)c3O[C@H]1[C@@H](OC(C)=O)C=CC2[C@H](C)C4. The summed E-state index contributed by atoms with van der Waals surface area (Å²) < 4.78 is 11.9. The van der Waals surface area contributed by atoms with Crippen LogP contribution in [0.1, 0.15) is 56.7 Å². The number of carbonyl (C=O) groups is 2. The van der Waals surface area contributed by atoms with E-state index in [9.17, 15) is 14.7 Å². The van der Waals surface area contributed by atoms with Gasteiger partial charge in [0.2, 0.25) is 0 Å². The van der Waals surface area contributed by atoms with Gasteiger partial charge < -0.3 is 19.7 Å². The van der Waals surface area contributed by atoms with E-state index in [0.717, 1.165) is 36.0 Å². The molecule has 0 bridgehead atoms. The first-order chi connectivity index (χ1) is 13.8. The van der Waals surface area contributed by atoms with E-state index < -0.39 is 18.2 Å². The molecule has 4 rings (SSSR count). The lowest BCUT2D eigenvalue weighted by Gasteiger charge is -2.50. The van der Waals surface area contributed by atoms with Crippen LogP contribution in [0.3, 0.4) is 0 Å². The van der Waals surface area contributed by atoms with Gasteiger partial charge in [-0.3, -0.25) is 9.59 Å². The first-order valence-corrected chi connectivity index (χ1v) is 10.4. The molecule has 0 amide bonds. The van der Waals surface area contributed by atoms with Crippen molar-refractivity contribution in [3.05, 3.63) is 34.9 Å². The zero-order chi connectivity index (χ0) is 20.9. The van der Waals surface area contributed by atoms with Crippen molar-refractivity contribution in [3.63, 3.8) is 0 Å². The number of allylic oxidation sites excluding steroid dienone is 1. The van der Waals surface area contributed by atoms with Crippen LogP contribution >= 0.6 is 0 Å². The number of rotatable bonds is 6. The van der Waals surface area contributed by atoms with E-state index >= 15 is 0 Å². The number of phenols is 1. The van der Waals surface area contributed by atoms with Crippen molar-refractivity contribution in [1.82, 2.24) is 0 Å². The summed E-state index contributed by atoms with van der Waals surface area (Å²) in [6.07, 6.45) is 6.16. The minimum atomic E-state index is -0.855. The number of aryl methyl sites for hydroxylation is 1. The fourth-order valence-corrected chi connectivity index (χ4v) is 5.93. The summed E-state index contributed by atoms with van der Waals surface area (Å²) >= 11 is 0. The van der Waals surface area contributed by atoms with Crippen molar-refractivity contribution < 1.29 is 29.3 Å². The second-order valence-electron chi connectivity index (χ2n) is 8.63. The second-order valence-corrected chi connectivity index (χ2v) is 8.63. The molecule has 0 radical (unpaired) electrons. The van der Waals surface area contributed by atoms with Crippen LogP contribution in [0, 0.1) is 11.8 Å². The van der Waals surface area contributed by atoms with E-state index in [-0.39, 0.29) is 29.5 Å². The molecule has 0 aromatic heterocycles. The lowest BCUT2D eigenvalue weighted by Crippen LogP contribution is -2.56. The second kappa shape index (κ2) is 7.08. The maximum absolute atomic E-state index is 11.7. The number of hydrogen-bond acceptors (Lipinski definition) is 5. The van der Waals surface area contributed by atoms with Gasteiger partial charge in [-0.05, 0) is 54.4 Å². The lowest BCUT2D eigenvalue weighted by atomic mass is 9.53. The van der Waals surface area contributed by atoms with Crippen LogP contribution in [-0.2, 0) is 32.6 Å². The summed E-state index contributed by atoms with van der Waals surface area (Å²) in [6, 6.07) is 1.66. The van der Waals surface area contributed by atoms with E-state index in [0.29, 0.717) is 18.1 Å². The highest BCUT2D eigenvalue weighted by atomic mass is 16.6. The Balaban J connectivity index is 1.91. The van der Waals surface area contributed by atoms with E-state index in [4.69, 9.17) is 14.6 Å². The molecular weight excluding hydrogens is 372 g/mol. The third-order valence-corrected chi connectivity index (χ3v) is 6.79. The summed E-state index contributed by atoms with van der Waals surface area (Å²) in [5.41, 5.74) is 2.61. The molecule has 1 unspecified atom stereocenters. The average molecular weight is 400 g/mol. The summed E-state index contributed by atoms with van der Waals surface area (Å²) in [5, 5.41) is 19.9. The van der Waals surface area contributed by atoms with Crippen molar-refractivity contribution in [2.45, 2.75) is 70.5 Å². The van der Waals surface area contributed by atoms with Crippen LogP contribution in [0.15, 0.2) is 18.2 Å². The summed E-state index contributed by atoms with van der Waals surface area (Å²) in [6.45, 7) is 5.73. The largest absolute Gasteiger partial charge is 0.504 e. The zero-order valence-corrected chi connectivity index (χ0v) is 17.1. The number of aromatic hydroxyl groups is 1. The molecule has 0 fully saturated rings. The molecule has 5 atom stereocenters. The van der Waals surface area contributed by atoms with E-state index in [2.05, 4.69) is 19.9 Å². The minimum absolute atomic E-state index is 0.0179. The first kappa shape index (κ1) is 19.8. The number of hydrogen-bond donors (Lipinski definition) is 2. The molecule has 6 heteroatoms. The van der Waals surface area contributed by atoms with Gasteiger partial charge in [0.05, 0.1) is 0 Å². The molecule has 1 heterocycles. The topological polar surface area (TPSA) is 93.1 Å². The Labute approximate surface area is 170 Å². The average Bonchev–Trinajstić information content (AvgIpc) is 2.99. The molecule has 29 heavy (non-hydrogen) atoms. The monoisotopic (exact) mass is 400 g/mol. The van der Waals surface area contributed by atoms with Gasteiger partial charge in [-0.15, -0.1) is 0 Å². The predicted molar refractivity (Wildman–Crippen MR) is 106 cm³/mol. The number of benzene rings is 1. The summed E-state index contributed by atoms with van der Waals surface area (Å²) in [5.74, 6) is -0.151. The Morgan fingerprint density at radius 1 is 1.34 bits per heavy atom. The number of carboxylic acid groups (broad SMARTS) is 1. The molecule has 0 saturated carbocycles. The number of ether oxygens (including phenoxy) is 2. The normalized spacial score (nSPS) is 31.1. The Morgan fingerprint density at radius 2 is 2.10 bits per heavy atom. The third kappa shape index (κ3) is 2.92. The van der Waals surface area contributed by atoms with E-state index in [1.165, 1.54) is 6.92 Å². The number of aliphatic carboxylic acids is 1. The molecule has 1 aromatic carbocycles. The summed E-state index contributed by atoms with van der Waals surface area (Å²) in [4.78, 5) is 22.9. The molecule has 0 saturated heterocycles. The van der Waals surface area contributed by atoms with Gasteiger partial charge in [0, 0.05) is 24.3 Å². The maximum atomic E-state index is 11.7. The highest BCUT2D eigenvalue weighted by molar-refractivity contribution is 5.69. The van der Waals surface area contributed by atoms with Gasteiger partial charge in [0.25, 0.3) is 0 Å². The van der Waals surface area contributed by atoms with Gasteiger partial charge >= 0.3 is 11.9 Å². The summed E-state index contributed by atoms with van der Waals surface area (Å²) in [7, 11) is 0. The molecule has 2 N–H and O–H groups in total. The van der Waals surface area contributed by atoms with Gasteiger partial charge in [-0.2, -0.15) is 0 Å². The highest BCUT2D eigenvalue weighted by Crippen LogP contribution is 2.62. The van der Waals surface area contributed by atoms with Gasteiger partial charge in [-0.1, -0.05) is 26.3 Å². The fourth-order valence-electron chi connectivity index (χ4n) is 5.93. The fraction of sp³-hybridized carbons (Fsp3) is 0.565. The maximum Gasteiger partial charge on any atom is 0.303 e. The van der Waals surface area contributed by atoms with Gasteiger partial charge in [-0.25, -0.2) is 0 Å². The van der Waals surface area contributed by atoms with E-state index in [1.54, 1.807) is 6.07 Å². The van der Waals surface area contributed by atoms with Crippen LogP contribution < -0.4 is 4.74 Å². The van der Waals surface area contributed by atoms with Crippen LogP contribution in [0.25, 0.3) is 0 Å². The van der Waals surface area contributed by atoms with Crippen LogP contribution in [0.2, 0.25) is 0 Å². The smallest absolute Gasteiger partial charge is 0.303 e. The number of carboxylic acids is 1.